The highest BCUT2D eigenvalue weighted by Gasteiger charge is 2.04. The predicted molar refractivity (Wildman–Crippen MR) is 92.0 cm³/mol. The summed E-state index contributed by atoms with van der Waals surface area (Å²) in [5.74, 6) is 0.989. The smallest absolute Gasteiger partial charge is 0.193 e. The number of aliphatic imine (C=N–C) groups is 1. The van der Waals surface area contributed by atoms with Crippen LogP contribution in [0.4, 0.5) is 5.69 Å². The molecule has 2 rings (SSSR count). The number of rotatable bonds is 5. The first-order chi connectivity index (χ1) is 10.5. The van der Waals surface area contributed by atoms with E-state index in [1.807, 2.05) is 36.9 Å². The minimum absolute atomic E-state index is 0.412. The van der Waals surface area contributed by atoms with Gasteiger partial charge in [-0.2, -0.15) is 5.10 Å². The highest BCUT2D eigenvalue weighted by atomic mass is 15.3. The van der Waals surface area contributed by atoms with Gasteiger partial charge in [0.2, 0.25) is 0 Å². The number of anilines is 1. The molecule has 0 saturated carbocycles. The third kappa shape index (κ3) is 4.10. The van der Waals surface area contributed by atoms with Crippen LogP contribution in [0.5, 0.6) is 0 Å². The average Bonchev–Trinajstić information content (AvgIpc) is 2.83. The number of guanidine groups is 1. The molecule has 0 amide bonds. The molecule has 1 aromatic carbocycles. The summed E-state index contributed by atoms with van der Waals surface area (Å²) in [6.07, 6.45) is 1.14. The second kappa shape index (κ2) is 7.11. The zero-order valence-corrected chi connectivity index (χ0v) is 13.8. The molecule has 22 heavy (non-hydrogen) atoms. The van der Waals surface area contributed by atoms with Crippen LogP contribution in [0.3, 0.4) is 0 Å². The number of aryl methyl sites for hydroxylation is 2. The van der Waals surface area contributed by atoms with Gasteiger partial charge in [-0.25, -0.2) is 4.99 Å². The lowest BCUT2D eigenvalue weighted by atomic mass is 9.99. The van der Waals surface area contributed by atoms with Gasteiger partial charge in [-0.1, -0.05) is 26.0 Å². The van der Waals surface area contributed by atoms with E-state index in [2.05, 4.69) is 41.4 Å². The molecule has 5 nitrogen and oxygen atoms in total. The quantitative estimate of drug-likeness (QED) is 0.658. The second-order valence-electron chi connectivity index (χ2n) is 5.66. The molecule has 0 radical (unpaired) electrons. The van der Waals surface area contributed by atoms with E-state index in [0.717, 1.165) is 23.5 Å². The van der Waals surface area contributed by atoms with Crippen LogP contribution in [0.2, 0.25) is 0 Å². The first-order valence-corrected chi connectivity index (χ1v) is 7.66. The molecule has 118 valence electrons. The van der Waals surface area contributed by atoms with E-state index in [0.29, 0.717) is 18.4 Å². The first-order valence-electron chi connectivity index (χ1n) is 7.66. The van der Waals surface area contributed by atoms with Gasteiger partial charge in [0, 0.05) is 12.7 Å². The molecule has 2 aromatic rings. The highest BCUT2D eigenvalue weighted by Crippen LogP contribution is 2.20. The second-order valence-corrected chi connectivity index (χ2v) is 5.66. The average molecular weight is 299 g/mol. The van der Waals surface area contributed by atoms with Crippen LogP contribution >= 0.6 is 0 Å². The van der Waals surface area contributed by atoms with E-state index in [4.69, 9.17) is 5.73 Å². The topological polar surface area (TPSA) is 68.2 Å². The number of benzene rings is 1. The van der Waals surface area contributed by atoms with Gasteiger partial charge >= 0.3 is 0 Å². The lowest BCUT2D eigenvalue weighted by Crippen LogP contribution is -2.22. The summed E-state index contributed by atoms with van der Waals surface area (Å²) >= 11 is 0. The fourth-order valence-corrected chi connectivity index (χ4v) is 2.30. The Hall–Kier alpha value is -2.30. The Morgan fingerprint density at radius 2 is 2.05 bits per heavy atom. The third-order valence-electron chi connectivity index (χ3n) is 3.87. The molecule has 1 aromatic heterocycles. The molecule has 1 unspecified atom stereocenters. The van der Waals surface area contributed by atoms with Crippen molar-refractivity contribution in [3.63, 3.8) is 0 Å². The maximum absolute atomic E-state index is 5.94. The van der Waals surface area contributed by atoms with Crippen molar-refractivity contribution in [1.82, 2.24) is 9.78 Å². The van der Waals surface area contributed by atoms with Crippen LogP contribution in [0.15, 0.2) is 35.3 Å². The van der Waals surface area contributed by atoms with Crippen molar-refractivity contribution in [2.75, 3.05) is 5.32 Å². The zero-order chi connectivity index (χ0) is 16.1. The van der Waals surface area contributed by atoms with Gasteiger partial charge in [-0.3, -0.25) is 4.68 Å². The summed E-state index contributed by atoms with van der Waals surface area (Å²) in [5, 5.41) is 7.41. The fourth-order valence-electron chi connectivity index (χ4n) is 2.30. The summed E-state index contributed by atoms with van der Waals surface area (Å²) in [7, 11) is 1.91. The maximum atomic E-state index is 5.94. The van der Waals surface area contributed by atoms with Crippen LogP contribution in [-0.2, 0) is 13.6 Å². The highest BCUT2D eigenvalue weighted by molar-refractivity contribution is 5.92. The van der Waals surface area contributed by atoms with Gasteiger partial charge in [0.1, 0.15) is 0 Å². The van der Waals surface area contributed by atoms with Gasteiger partial charge in [0.05, 0.1) is 17.9 Å². The van der Waals surface area contributed by atoms with Crippen LogP contribution in [0.25, 0.3) is 0 Å². The van der Waals surface area contributed by atoms with Gasteiger partial charge in [0.15, 0.2) is 5.96 Å². The molecule has 3 N–H and O–H groups in total. The molecule has 0 fully saturated rings. The summed E-state index contributed by atoms with van der Waals surface area (Å²) in [4.78, 5) is 4.36. The Balaban J connectivity index is 1.97. The van der Waals surface area contributed by atoms with Gasteiger partial charge in [0.25, 0.3) is 0 Å². The number of nitrogens with zero attached hydrogens (tertiary/aromatic N) is 3. The summed E-state index contributed by atoms with van der Waals surface area (Å²) in [6, 6.07) is 10.4. The van der Waals surface area contributed by atoms with Crippen molar-refractivity contribution in [2.24, 2.45) is 17.8 Å². The van der Waals surface area contributed by atoms with E-state index < -0.39 is 0 Å². The number of aromatic nitrogens is 2. The van der Waals surface area contributed by atoms with Gasteiger partial charge in [-0.05, 0) is 43.0 Å². The molecular formula is C17H25N5. The zero-order valence-electron chi connectivity index (χ0n) is 13.8. The van der Waals surface area contributed by atoms with Crippen LogP contribution in [0, 0.1) is 6.92 Å². The normalized spacial score (nSPS) is 13.2. The molecule has 0 bridgehead atoms. The Bertz CT molecular complexity index is 640. The molecule has 0 spiro atoms. The molecule has 0 aliphatic carbocycles. The molecule has 5 heteroatoms. The molecule has 0 aliphatic heterocycles. The number of hydrogen-bond donors (Lipinski definition) is 2. The predicted octanol–water partition coefficient (Wildman–Crippen LogP) is 3.17. The van der Waals surface area contributed by atoms with E-state index in [1.165, 1.54) is 5.56 Å². The van der Waals surface area contributed by atoms with E-state index in [9.17, 15) is 0 Å². The fraction of sp³-hybridized carbons (Fsp3) is 0.412. The molecular weight excluding hydrogens is 274 g/mol. The molecule has 0 aliphatic rings. The van der Waals surface area contributed by atoms with E-state index >= 15 is 0 Å². The van der Waals surface area contributed by atoms with Crippen molar-refractivity contribution in [3.8, 4) is 0 Å². The van der Waals surface area contributed by atoms with Gasteiger partial charge < -0.3 is 11.1 Å². The maximum Gasteiger partial charge on any atom is 0.193 e. The van der Waals surface area contributed by atoms with E-state index in [-0.39, 0.29) is 0 Å². The van der Waals surface area contributed by atoms with Gasteiger partial charge in [-0.15, -0.1) is 0 Å². The number of hydrogen-bond acceptors (Lipinski definition) is 2. The Kier molecular flexibility index (Phi) is 5.20. The minimum atomic E-state index is 0.412. The monoisotopic (exact) mass is 299 g/mol. The summed E-state index contributed by atoms with van der Waals surface area (Å²) < 4.78 is 1.83. The SMILES string of the molecule is CCC(C)c1ccc(NC(N)=NCc2cc(C)nn2C)cc1. The third-order valence-corrected chi connectivity index (χ3v) is 3.87. The molecule has 1 atom stereocenters. The van der Waals surface area contributed by atoms with Crippen LogP contribution in [-0.4, -0.2) is 15.7 Å². The van der Waals surface area contributed by atoms with Crippen molar-refractivity contribution in [1.29, 1.82) is 0 Å². The Labute approximate surface area is 132 Å². The lowest BCUT2D eigenvalue weighted by Gasteiger charge is -2.10. The first kappa shape index (κ1) is 16.1. The summed E-state index contributed by atoms with van der Waals surface area (Å²) in [6.45, 7) is 6.91. The minimum Gasteiger partial charge on any atom is -0.370 e. The van der Waals surface area contributed by atoms with Crippen LogP contribution in [0.1, 0.15) is 43.1 Å². The largest absolute Gasteiger partial charge is 0.370 e. The molecule has 1 heterocycles. The number of nitrogens with two attached hydrogens (primary N) is 1. The lowest BCUT2D eigenvalue weighted by molar-refractivity contribution is 0.706. The van der Waals surface area contributed by atoms with Crippen molar-refractivity contribution in [2.45, 2.75) is 39.7 Å². The van der Waals surface area contributed by atoms with E-state index in [1.54, 1.807) is 0 Å². The molecule has 0 saturated heterocycles. The van der Waals surface area contributed by atoms with Crippen molar-refractivity contribution in [3.05, 3.63) is 47.3 Å². The standard InChI is InChI=1S/C17H25N5/c1-5-12(2)14-6-8-15(9-7-14)20-17(18)19-11-16-10-13(3)21-22(16)4/h6-10,12H,5,11H2,1-4H3,(H3,18,19,20). The van der Waals surface area contributed by atoms with Crippen LogP contribution < -0.4 is 11.1 Å². The Morgan fingerprint density at radius 1 is 1.36 bits per heavy atom. The Morgan fingerprint density at radius 3 is 2.59 bits per heavy atom. The summed E-state index contributed by atoms with van der Waals surface area (Å²) in [5.41, 5.74) is 10.3. The van der Waals surface area contributed by atoms with Crippen molar-refractivity contribution >= 4 is 11.6 Å². The van der Waals surface area contributed by atoms with Crippen molar-refractivity contribution < 1.29 is 0 Å². The number of nitrogens with one attached hydrogen (secondary N) is 1.